The highest BCUT2D eigenvalue weighted by atomic mass is 32.2. The summed E-state index contributed by atoms with van der Waals surface area (Å²) in [5, 5.41) is 2.60. The molecule has 1 fully saturated rings. The Bertz CT molecular complexity index is 934. The van der Waals surface area contributed by atoms with Crippen LogP contribution in [0.2, 0.25) is 0 Å². The van der Waals surface area contributed by atoms with E-state index in [0.717, 1.165) is 22.5 Å². The molecule has 0 saturated carbocycles. The van der Waals surface area contributed by atoms with Gasteiger partial charge in [0.1, 0.15) is 6.04 Å². The zero-order chi connectivity index (χ0) is 19.7. The molecule has 1 unspecified atom stereocenters. The van der Waals surface area contributed by atoms with Gasteiger partial charge in [0.2, 0.25) is 15.9 Å². The van der Waals surface area contributed by atoms with Crippen LogP contribution in [0.25, 0.3) is 0 Å². The van der Waals surface area contributed by atoms with Crippen molar-refractivity contribution in [1.29, 1.82) is 0 Å². The van der Waals surface area contributed by atoms with Crippen LogP contribution in [0, 0.1) is 0 Å². The van der Waals surface area contributed by atoms with Gasteiger partial charge >= 0.3 is 6.18 Å². The molecule has 10 heteroatoms. The number of para-hydroxylation sites is 1. The van der Waals surface area contributed by atoms with E-state index in [1.54, 1.807) is 30.3 Å². The SMILES string of the molecule is O=C(Nc1ccccc1)C1CSCN1S(=O)(=O)c1ccccc1C(F)(F)F. The Morgan fingerprint density at radius 2 is 1.70 bits per heavy atom. The van der Waals surface area contributed by atoms with Gasteiger partial charge in [-0.3, -0.25) is 4.79 Å². The number of amides is 1. The Balaban J connectivity index is 1.92. The second-order valence-corrected chi connectivity index (χ2v) is 8.62. The molecule has 1 amide bonds. The van der Waals surface area contributed by atoms with Crippen molar-refractivity contribution in [3.05, 3.63) is 60.2 Å². The lowest BCUT2D eigenvalue weighted by molar-refractivity contribution is -0.139. The average Bonchev–Trinajstić information content (AvgIpc) is 3.13. The third-order valence-corrected chi connectivity index (χ3v) is 7.05. The van der Waals surface area contributed by atoms with Gasteiger partial charge in [-0.25, -0.2) is 8.42 Å². The van der Waals surface area contributed by atoms with Gasteiger partial charge in [0, 0.05) is 11.4 Å². The van der Waals surface area contributed by atoms with Gasteiger partial charge in [0.05, 0.1) is 16.3 Å². The molecular formula is C17H15F3N2O3S2. The van der Waals surface area contributed by atoms with Crippen molar-refractivity contribution in [3.63, 3.8) is 0 Å². The van der Waals surface area contributed by atoms with E-state index >= 15 is 0 Å². The number of anilines is 1. The van der Waals surface area contributed by atoms with E-state index < -0.39 is 38.6 Å². The number of hydrogen-bond acceptors (Lipinski definition) is 4. The number of alkyl halides is 3. The standard InChI is InChI=1S/C17H15F3N2O3S2/c18-17(19,20)13-8-4-5-9-15(13)27(24,25)22-11-26-10-14(22)16(23)21-12-6-2-1-3-7-12/h1-9,14H,10-11H2,(H,21,23). The summed E-state index contributed by atoms with van der Waals surface area (Å²) in [6.45, 7) is 0. The molecule has 27 heavy (non-hydrogen) atoms. The molecule has 1 atom stereocenters. The van der Waals surface area contributed by atoms with Gasteiger partial charge in [0.25, 0.3) is 0 Å². The summed E-state index contributed by atoms with van der Waals surface area (Å²) in [5.41, 5.74) is -0.767. The molecule has 0 radical (unpaired) electrons. The van der Waals surface area contributed by atoms with Gasteiger partial charge < -0.3 is 5.32 Å². The third kappa shape index (κ3) is 4.12. The quantitative estimate of drug-likeness (QED) is 0.830. The van der Waals surface area contributed by atoms with Crippen molar-refractivity contribution in [2.75, 3.05) is 16.9 Å². The largest absolute Gasteiger partial charge is 0.417 e. The first-order valence-corrected chi connectivity index (χ1v) is 10.4. The summed E-state index contributed by atoms with van der Waals surface area (Å²) in [7, 11) is -4.51. The fourth-order valence-corrected chi connectivity index (χ4v) is 6.03. The van der Waals surface area contributed by atoms with Crippen molar-refractivity contribution in [1.82, 2.24) is 4.31 Å². The first-order valence-electron chi connectivity index (χ1n) is 7.83. The molecule has 1 saturated heterocycles. The van der Waals surface area contributed by atoms with Crippen LogP contribution in [0.15, 0.2) is 59.5 Å². The predicted molar refractivity (Wildman–Crippen MR) is 96.7 cm³/mol. The van der Waals surface area contributed by atoms with Crippen LogP contribution in [0.4, 0.5) is 18.9 Å². The molecule has 5 nitrogen and oxygen atoms in total. The molecule has 0 bridgehead atoms. The average molecular weight is 416 g/mol. The van der Waals surface area contributed by atoms with Crippen molar-refractivity contribution in [2.45, 2.75) is 17.1 Å². The fourth-order valence-electron chi connectivity index (χ4n) is 2.67. The second-order valence-electron chi connectivity index (χ2n) is 5.76. The highest BCUT2D eigenvalue weighted by Crippen LogP contribution is 2.37. The molecule has 0 aliphatic carbocycles. The lowest BCUT2D eigenvalue weighted by Crippen LogP contribution is -2.44. The number of benzene rings is 2. The highest BCUT2D eigenvalue weighted by molar-refractivity contribution is 8.00. The van der Waals surface area contributed by atoms with Crippen LogP contribution in [-0.2, 0) is 21.0 Å². The monoisotopic (exact) mass is 416 g/mol. The van der Waals surface area contributed by atoms with E-state index in [0.29, 0.717) is 5.69 Å². The maximum atomic E-state index is 13.2. The molecule has 3 rings (SSSR count). The van der Waals surface area contributed by atoms with Gasteiger partial charge in [-0.1, -0.05) is 30.3 Å². The fraction of sp³-hybridized carbons (Fsp3) is 0.235. The number of rotatable bonds is 4. The first kappa shape index (κ1) is 19.7. The van der Waals surface area contributed by atoms with Crippen LogP contribution in [0.3, 0.4) is 0 Å². The van der Waals surface area contributed by atoms with Crippen LogP contribution in [-0.4, -0.2) is 36.3 Å². The van der Waals surface area contributed by atoms with Crippen molar-refractivity contribution in [2.24, 2.45) is 0 Å². The number of carbonyl (C=O) groups excluding carboxylic acids is 1. The molecule has 1 heterocycles. The minimum absolute atomic E-state index is 0.0958. The van der Waals surface area contributed by atoms with Gasteiger partial charge in [-0.05, 0) is 24.3 Å². The minimum Gasteiger partial charge on any atom is -0.325 e. The van der Waals surface area contributed by atoms with Gasteiger partial charge in [0.15, 0.2) is 0 Å². The summed E-state index contributed by atoms with van der Waals surface area (Å²) >= 11 is 1.17. The van der Waals surface area contributed by atoms with Crippen LogP contribution in [0.5, 0.6) is 0 Å². The molecule has 2 aromatic carbocycles. The minimum atomic E-state index is -4.82. The summed E-state index contributed by atoms with van der Waals surface area (Å²) in [4.78, 5) is 11.7. The van der Waals surface area contributed by atoms with E-state index in [9.17, 15) is 26.4 Å². The zero-order valence-corrected chi connectivity index (χ0v) is 15.4. The smallest absolute Gasteiger partial charge is 0.325 e. The van der Waals surface area contributed by atoms with E-state index in [-0.39, 0.29) is 11.6 Å². The van der Waals surface area contributed by atoms with Gasteiger partial charge in [-0.2, -0.15) is 17.5 Å². The number of sulfonamides is 1. The normalized spacial score (nSPS) is 18.4. The molecule has 1 N–H and O–H groups in total. The third-order valence-electron chi connectivity index (χ3n) is 3.96. The number of halogens is 3. The molecule has 0 spiro atoms. The Labute approximate surface area is 158 Å². The highest BCUT2D eigenvalue weighted by Gasteiger charge is 2.44. The summed E-state index contributed by atoms with van der Waals surface area (Å²) in [6, 6.07) is 11.3. The lowest BCUT2D eigenvalue weighted by Gasteiger charge is -2.24. The van der Waals surface area contributed by atoms with Crippen LogP contribution in [0.1, 0.15) is 5.56 Å². The van der Waals surface area contributed by atoms with Crippen molar-refractivity contribution in [3.8, 4) is 0 Å². The number of thioether (sulfide) groups is 1. The Kier molecular flexibility index (Phi) is 5.50. The molecule has 0 aromatic heterocycles. The number of nitrogens with one attached hydrogen (secondary N) is 1. The Morgan fingerprint density at radius 3 is 2.37 bits per heavy atom. The maximum absolute atomic E-state index is 13.2. The number of hydrogen-bond donors (Lipinski definition) is 1. The summed E-state index contributed by atoms with van der Waals surface area (Å²) in [6.07, 6.45) is -4.82. The molecular weight excluding hydrogens is 401 g/mol. The number of nitrogens with zero attached hydrogens (tertiary/aromatic N) is 1. The van der Waals surface area contributed by atoms with E-state index in [2.05, 4.69) is 5.32 Å². The molecule has 144 valence electrons. The van der Waals surface area contributed by atoms with E-state index in [4.69, 9.17) is 0 Å². The van der Waals surface area contributed by atoms with Crippen LogP contribution < -0.4 is 5.32 Å². The Hall–Kier alpha value is -2.04. The predicted octanol–water partition coefficient (Wildman–Crippen LogP) is 3.41. The molecule has 1 aliphatic rings. The topological polar surface area (TPSA) is 66.5 Å². The van der Waals surface area contributed by atoms with Crippen molar-refractivity contribution < 1.29 is 26.4 Å². The maximum Gasteiger partial charge on any atom is 0.417 e. The Morgan fingerprint density at radius 1 is 1.07 bits per heavy atom. The van der Waals surface area contributed by atoms with Crippen LogP contribution >= 0.6 is 11.8 Å². The first-order chi connectivity index (χ1) is 12.7. The van der Waals surface area contributed by atoms with E-state index in [1.807, 2.05) is 0 Å². The second kappa shape index (κ2) is 7.53. The number of carbonyl (C=O) groups is 1. The van der Waals surface area contributed by atoms with Crippen molar-refractivity contribution >= 4 is 33.4 Å². The lowest BCUT2D eigenvalue weighted by atomic mass is 10.2. The summed E-state index contributed by atoms with van der Waals surface area (Å²) < 4.78 is 66.3. The van der Waals surface area contributed by atoms with E-state index in [1.165, 1.54) is 17.8 Å². The van der Waals surface area contributed by atoms with Gasteiger partial charge in [-0.15, -0.1) is 11.8 Å². The molecule has 2 aromatic rings. The zero-order valence-electron chi connectivity index (χ0n) is 13.8. The summed E-state index contributed by atoms with van der Waals surface area (Å²) in [5.74, 6) is -0.521. The molecule has 1 aliphatic heterocycles.